The molecule has 0 aliphatic heterocycles. The van der Waals surface area contributed by atoms with Crippen LogP contribution < -0.4 is 10.9 Å². The Kier molecular flexibility index (Phi) is 6.46. The van der Waals surface area contributed by atoms with E-state index in [0.717, 1.165) is 28.1 Å². The van der Waals surface area contributed by atoms with Crippen molar-refractivity contribution in [2.45, 2.75) is 58.7 Å². The van der Waals surface area contributed by atoms with Crippen LogP contribution in [0.4, 0.5) is 0 Å². The minimum absolute atomic E-state index is 0.0578. The lowest BCUT2D eigenvalue weighted by molar-refractivity contribution is -0.119. The summed E-state index contributed by atoms with van der Waals surface area (Å²) in [5.74, 6) is 0.726. The fraction of sp³-hybridized carbons (Fsp3) is 0.588. The molecule has 132 valence electrons. The van der Waals surface area contributed by atoms with E-state index in [2.05, 4.69) is 29.1 Å². The summed E-state index contributed by atoms with van der Waals surface area (Å²) < 4.78 is 0. The van der Waals surface area contributed by atoms with Crippen molar-refractivity contribution in [3.05, 3.63) is 20.8 Å². The molecule has 2 N–H and O–H groups in total. The molecule has 2 aromatic rings. The number of carbonyl (C=O) groups is 1. The molecule has 0 aromatic carbocycles. The number of rotatable bonds is 7. The summed E-state index contributed by atoms with van der Waals surface area (Å²) in [7, 11) is 0. The van der Waals surface area contributed by atoms with Crippen molar-refractivity contribution in [2.24, 2.45) is 5.92 Å². The van der Waals surface area contributed by atoms with Crippen LogP contribution in [0.3, 0.4) is 0 Å². The lowest BCUT2D eigenvalue weighted by Gasteiger charge is -2.08. The number of aromatic nitrogens is 2. The fourth-order valence-corrected chi connectivity index (χ4v) is 4.24. The number of H-pyrrole nitrogens is 1. The standard InChI is InChI=1S/C17H25N3O2S2/c1-6-10(4)7-12-11(5)24-16-14(12)15(22)19-17(20-16)23-8-13(21)18-9(2)3/h9-10H,6-8H2,1-5H3,(H,18,21)(H,19,20,22)/t10-/m0/s1. The zero-order chi connectivity index (χ0) is 17.9. The minimum atomic E-state index is -0.102. The van der Waals surface area contributed by atoms with Gasteiger partial charge in [-0.2, -0.15) is 0 Å². The van der Waals surface area contributed by atoms with E-state index in [4.69, 9.17) is 0 Å². The van der Waals surface area contributed by atoms with Crippen LogP contribution in [0.1, 0.15) is 44.6 Å². The average Bonchev–Trinajstić information content (AvgIpc) is 2.80. The maximum atomic E-state index is 12.5. The number of nitrogens with zero attached hydrogens (tertiary/aromatic N) is 1. The zero-order valence-corrected chi connectivity index (χ0v) is 16.5. The number of amides is 1. The Morgan fingerprint density at radius 1 is 1.38 bits per heavy atom. The summed E-state index contributed by atoms with van der Waals surface area (Å²) in [5.41, 5.74) is 1.02. The third-order valence-corrected chi connectivity index (χ3v) is 5.79. The fourth-order valence-electron chi connectivity index (χ4n) is 2.46. The zero-order valence-electron chi connectivity index (χ0n) is 14.9. The number of carbonyl (C=O) groups excluding carboxylic acids is 1. The van der Waals surface area contributed by atoms with Crippen LogP contribution in [0.25, 0.3) is 10.2 Å². The predicted octanol–water partition coefficient (Wildman–Crippen LogP) is 3.50. The second kappa shape index (κ2) is 8.16. The molecule has 0 saturated carbocycles. The van der Waals surface area contributed by atoms with Crippen molar-refractivity contribution in [1.82, 2.24) is 15.3 Å². The average molecular weight is 368 g/mol. The Morgan fingerprint density at radius 2 is 2.08 bits per heavy atom. The van der Waals surface area contributed by atoms with E-state index in [1.165, 1.54) is 11.8 Å². The molecule has 0 fully saturated rings. The van der Waals surface area contributed by atoms with Gasteiger partial charge in [-0.25, -0.2) is 4.98 Å². The number of hydrogen-bond donors (Lipinski definition) is 2. The van der Waals surface area contributed by atoms with Gasteiger partial charge in [-0.1, -0.05) is 32.0 Å². The molecule has 0 bridgehead atoms. The molecule has 0 aliphatic rings. The normalized spacial score (nSPS) is 12.8. The van der Waals surface area contributed by atoms with E-state index in [1.807, 2.05) is 20.8 Å². The first kappa shape index (κ1) is 19.0. The quantitative estimate of drug-likeness (QED) is 0.580. The van der Waals surface area contributed by atoms with Gasteiger partial charge in [0.15, 0.2) is 5.16 Å². The monoisotopic (exact) mass is 367 g/mol. The van der Waals surface area contributed by atoms with Crippen molar-refractivity contribution in [3.63, 3.8) is 0 Å². The first-order valence-corrected chi connectivity index (χ1v) is 10.1. The lowest BCUT2D eigenvalue weighted by atomic mass is 9.98. The summed E-state index contributed by atoms with van der Waals surface area (Å²) in [5, 5.41) is 4.05. The highest BCUT2D eigenvalue weighted by atomic mass is 32.2. The van der Waals surface area contributed by atoms with E-state index >= 15 is 0 Å². The summed E-state index contributed by atoms with van der Waals surface area (Å²) in [4.78, 5) is 33.6. The third-order valence-electron chi connectivity index (χ3n) is 3.88. The maximum absolute atomic E-state index is 12.5. The summed E-state index contributed by atoms with van der Waals surface area (Å²) in [6.07, 6.45) is 1.98. The molecule has 0 radical (unpaired) electrons. The number of hydrogen-bond acceptors (Lipinski definition) is 5. The highest BCUT2D eigenvalue weighted by molar-refractivity contribution is 7.99. The number of thioether (sulfide) groups is 1. The SMILES string of the molecule is CC[C@H](C)Cc1c(C)sc2nc(SCC(=O)NC(C)C)[nH]c(=O)c12. The molecule has 7 heteroatoms. The van der Waals surface area contributed by atoms with Crippen LogP contribution in [0.15, 0.2) is 9.95 Å². The van der Waals surface area contributed by atoms with Gasteiger partial charge < -0.3 is 10.3 Å². The first-order valence-electron chi connectivity index (χ1n) is 8.26. The molecular formula is C17H25N3O2S2. The van der Waals surface area contributed by atoms with Crippen LogP contribution in [-0.2, 0) is 11.2 Å². The van der Waals surface area contributed by atoms with Gasteiger partial charge in [0.25, 0.3) is 5.56 Å². The largest absolute Gasteiger partial charge is 0.353 e. The number of aryl methyl sites for hydroxylation is 1. The van der Waals surface area contributed by atoms with Gasteiger partial charge >= 0.3 is 0 Å². The molecule has 0 saturated heterocycles. The van der Waals surface area contributed by atoms with Crippen LogP contribution in [0.5, 0.6) is 0 Å². The molecule has 2 heterocycles. The van der Waals surface area contributed by atoms with Crippen LogP contribution in [0.2, 0.25) is 0 Å². The molecule has 1 amide bonds. The van der Waals surface area contributed by atoms with E-state index in [0.29, 0.717) is 16.5 Å². The highest BCUT2D eigenvalue weighted by Gasteiger charge is 2.17. The van der Waals surface area contributed by atoms with Gasteiger partial charge in [0, 0.05) is 10.9 Å². The van der Waals surface area contributed by atoms with Gasteiger partial charge in [0.1, 0.15) is 4.83 Å². The second-order valence-electron chi connectivity index (χ2n) is 6.42. The summed E-state index contributed by atoms with van der Waals surface area (Å²) in [6.45, 7) is 10.2. The van der Waals surface area contributed by atoms with Crippen molar-refractivity contribution in [3.8, 4) is 0 Å². The van der Waals surface area contributed by atoms with Gasteiger partial charge in [0.05, 0.1) is 11.1 Å². The van der Waals surface area contributed by atoms with Crippen molar-refractivity contribution in [1.29, 1.82) is 0 Å². The Labute approximate surface area is 150 Å². The van der Waals surface area contributed by atoms with E-state index in [9.17, 15) is 9.59 Å². The second-order valence-corrected chi connectivity index (χ2v) is 8.58. The number of aromatic amines is 1. The maximum Gasteiger partial charge on any atom is 0.260 e. The lowest BCUT2D eigenvalue weighted by Crippen LogP contribution is -2.31. The first-order chi connectivity index (χ1) is 11.3. The van der Waals surface area contributed by atoms with Crippen LogP contribution >= 0.6 is 23.1 Å². The Morgan fingerprint density at radius 3 is 2.71 bits per heavy atom. The summed E-state index contributed by atoms with van der Waals surface area (Å²) in [6, 6.07) is 0.107. The van der Waals surface area contributed by atoms with Gasteiger partial charge in [-0.15, -0.1) is 11.3 Å². The molecular weight excluding hydrogens is 342 g/mol. The van der Waals surface area contributed by atoms with E-state index in [-0.39, 0.29) is 23.3 Å². The Hall–Kier alpha value is -1.34. The van der Waals surface area contributed by atoms with E-state index < -0.39 is 0 Å². The van der Waals surface area contributed by atoms with Gasteiger partial charge in [0.2, 0.25) is 5.91 Å². The van der Waals surface area contributed by atoms with Crippen molar-refractivity contribution in [2.75, 3.05) is 5.75 Å². The molecule has 5 nitrogen and oxygen atoms in total. The smallest absolute Gasteiger partial charge is 0.260 e. The number of thiophene rings is 1. The topological polar surface area (TPSA) is 74.8 Å². The molecule has 2 rings (SSSR count). The number of fused-ring (bicyclic) bond motifs is 1. The third kappa shape index (κ3) is 4.60. The Balaban J connectivity index is 2.25. The molecule has 1 atom stereocenters. The molecule has 0 aliphatic carbocycles. The Bertz CT molecular complexity index is 780. The molecule has 24 heavy (non-hydrogen) atoms. The highest BCUT2D eigenvalue weighted by Crippen LogP contribution is 2.30. The van der Waals surface area contributed by atoms with Gasteiger partial charge in [-0.05, 0) is 38.7 Å². The van der Waals surface area contributed by atoms with Crippen LogP contribution in [0, 0.1) is 12.8 Å². The predicted molar refractivity (Wildman–Crippen MR) is 102 cm³/mol. The molecule has 2 aromatic heterocycles. The van der Waals surface area contributed by atoms with E-state index in [1.54, 1.807) is 11.3 Å². The molecule has 0 spiro atoms. The minimum Gasteiger partial charge on any atom is -0.353 e. The number of nitrogens with one attached hydrogen (secondary N) is 2. The van der Waals surface area contributed by atoms with Crippen molar-refractivity contribution < 1.29 is 4.79 Å². The van der Waals surface area contributed by atoms with Crippen molar-refractivity contribution >= 4 is 39.2 Å². The van der Waals surface area contributed by atoms with Gasteiger partial charge in [-0.3, -0.25) is 9.59 Å². The summed E-state index contributed by atoms with van der Waals surface area (Å²) >= 11 is 2.82. The van der Waals surface area contributed by atoms with Crippen LogP contribution in [-0.4, -0.2) is 27.7 Å². The molecule has 0 unspecified atom stereocenters.